The Hall–Kier alpha value is -4.15. The van der Waals surface area contributed by atoms with E-state index in [4.69, 9.17) is 23.7 Å². The largest absolute Gasteiger partial charge is 0.487 e. The molecule has 0 aliphatic rings. The van der Waals surface area contributed by atoms with Crippen LogP contribution in [0.4, 0.5) is 0 Å². The van der Waals surface area contributed by atoms with Crippen molar-refractivity contribution in [3.63, 3.8) is 0 Å². The molecule has 0 amide bonds. The standard InChI is InChI=1S/C32H31N3O5S2/c1-5-37-32(36)21(3)39-28-16-15-26(17-20(28)2)41-19-29-27(34-31(42-29)24-9-7-6-8-10-24)18-38-25-13-11-23(12-14-25)30-33-22(4)40-35-30/h6-17,21H,5,18-19H2,1-4H3. The lowest BCUT2D eigenvalue weighted by molar-refractivity contribution is -0.150. The Morgan fingerprint density at radius 2 is 1.79 bits per heavy atom. The van der Waals surface area contributed by atoms with Crippen LogP contribution in [0.15, 0.2) is 82.2 Å². The zero-order valence-corrected chi connectivity index (χ0v) is 25.5. The van der Waals surface area contributed by atoms with Crippen LogP contribution in [0.1, 0.15) is 35.9 Å². The van der Waals surface area contributed by atoms with Gasteiger partial charge in [0, 0.05) is 33.6 Å². The van der Waals surface area contributed by atoms with Crippen molar-refractivity contribution >= 4 is 29.1 Å². The second-order valence-electron chi connectivity index (χ2n) is 9.43. The maximum Gasteiger partial charge on any atom is 0.347 e. The predicted octanol–water partition coefficient (Wildman–Crippen LogP) is 7.68. The average molecular weight is 602 g/mol. The van der Waals surface area contributed by atoms with E-state index in [9.17, 15) is 4.79 Å². The summed E-state index contributed by atoms with van der Waals surface area (Å²) in [6.45, 7) is 7.88. The fourth-order valence-electron chi connectivity index (χ4n) is 4.07. The molecule has 3 aromatic carbocycles. The van der Waals surface area contributed by atoms with E-state index in [2.05, 4.69) is 28.3 Å². The predicted molar refractivity (Wildman–Crippen MR) is 164 cm³/mol. The Morgan fingerprint density at radius 1 is 1.00 bits per heavy atom. The van der Waals surface area contributed by atoms with E-state index in [1.165, 1.54) is 0 Å². The summed E-state index contributed by atoms with van der Waals surface area (Å²) in [5.74, 6) is 2.83. The number of thiazole rings is 1. The first-order valence-electron chi connectivity index (χ1n) is 13.5. The summed E-state index contributed by atoms with van der Waals surface area (Å²) in [7, 11) is 0. The number of carbonyl (C=O) groups excluding carboxylic acids is 1. The van der Waals surface area contributed by atoms with Gasteiger partial charge in [0.15, 0.2) is 6.10 Å². The van der Waals surface area contributed by atoms with Crippen molar-refractivity contribution in [2.24, 2.45) is 0 Å². The molecule has 0 bridgehead atoms. The Bertz CT molecular complexity index is 1630. The van der Waals surface area contributed by atoms with Crippen molar-refractivity contribution in [2.75, 3.05) is 6.61 Å². The highest BCUT2D eigenvalue weighted by Gasteiger charge is 2.18. The Morgan fingerprint density at radius 3 is 2.48 bits per heavy atom. The molecule has 0 fully saturated rings. The minimum atomic E-state index is -0.669. The first kappa shape index (κ1) is 29.3. The maximum atomic E-state index is 12.0. The van der Waals surface area contributed by atoms with Crippen LogP contribution in [0.3, 0.4) is 0 Å². The molecule has 2 heterocycles. The summed E-state index contributed by atoms with van der Waals surface area (Å²) in [5.41, 5.74) is 3.80. The molecule has 0 aliphatic carbocycles. The third-order valence-corrected chi connectivity index (χ3v) is 8.60. The third-order valence-electron chi connectivity index (χ3n) is 6.25. The number of carbonyl (C=O) groups is 1. The molecule has 10 heteroatoms. The molecule has 42 heavy (non-hydrogen) atoms. The van der Waals surface area contributed by atoms with Gasteiger partial charge in [0.05, 0.1) is 12.3 Å². The number of ether oxygens (including phenoxy) is 3. The molecule has 1 atom stereocenters. The van der Waals surface area contributed by atoms with Gasteiger partial charge in [-0.15, -0.1) is 23.1 Å². The van der Waals surface area contributed by atoms with Gasteiger partial charge in [-0.25, -0.2) is 9.78 Å². The highest BCUT2D eigenvalue weighted by molar-refractivity contribution is 7.98. The number of rotatable bonds is 12. The van der Waals surface area contributed by atoms with Crippen molar-refractivity contribution in [2.45, 2.75) is 51.1 Å². The third kappa shape index (κ3) is 7.37. The van der Waals surface area contributed by atoms with E-state index in [0.29, 0.717) is 30.7 Å². The van der Waals surface area contributed by atoms with Gasteiger partial charge in [0.1, 0.15) is 23.1 Å². The highest BCUT2D eigenvalue weighted by atomic mass is 32.2. The van der Waals surface area contributed by atoms with Gasteiger partial charge in [-0.2, -0.15) is 4.98 Å². The van der Waals surface area contributed by atoms with Crippen LogP contribution in [-0.4, -0.2) is 33.8 Å². The van der Waals surface area contributed by atoms with Gasteiger partial charge in [-0.05, 0) is 68.8 Å². The van der Waals surface area contributed by atoms with Crippen LogP contribution in [0, 0.1) is 13.8 Å². The minimum Gasteiger partial charge on any atom is -0.487 e. The molecule has 2 aromatic heterocycles. The van der Waals surface area contributed by atoms with Crippen LogP contribution >= 0.6 is 23.1 Å². The second-order valence-corrected chi connectivity index (χ2v) is 11.6. The number of esters is 1. The van der Waals surface area contributed by atoms with Crippen molar-refractivity contribution in [1.29, 1.82) is 0 Å². The number of benzene rings is 3. The average Bonchev–Trinajstić information content (AvgIpc) is 3.63. The topological polar surface area (TPSA) is 96.6 Å². The lowest BCUT2D eigenvalue weighted by atomic mass is 10.2. The SMILES string of the molecule is CCOC(=O)C(C)Oc1ccc(SCc2sc(-c3ccccc3)nc2COc2ccc(-c3noc(C)n3)cc2)cc1C. The Labute approximate surface area is 253 Å². The van der Waals surface area contributed by atoms with Gasteiger partial charge in [0.2, 0.25) is 11.7 Å². The maximum absolute atomic E-state index is 12.0. The lowest BCUT2D eigenvalue weighted by Crippen LogP contribution is -2.26. The molecule has 5 rings (SSSR count). The van der Waals surface area contributed by atoms with Crippen LogP contribution in [0.2, 0.25) is 0 Å². The molecule has 0 saturated heterocycles. The number of hydrogen-bond donors (Lipinski definition) is 0. The molecule has 0 spiro atoms. The second kappa shape index (κ2) is 13.7. The molecular formula is C32H31N3O5S2. The van der Waals surface area contributed by atoms with Crippen molar-refractivity contribution in [3.05, 3.63) is 94.8 Å². The van der Waals surface area contributed by atoms with E-state index in [-0.39, 0.29) is 5.97 Å². The summed E-state index contributed by atoms with van der Waals surface area (Å²) in [6.07, 6.45) is -0.669. The number of thioether (sulfide) groups is 1. The number of nitrogens with zero attached hydrogens (tertiary/aromatic N) is 3. The van der Waals surface area contributed by atoms with Gasteiger partial charge in [-0.1, -0.05) is 35.5 Å². The lowest BCUT2D eigenvalue weighted by Gasteiger charge is -2.15. The Balaban J connectivity index is 1.28. The summed E-state index contributed by atoms with van der Waals surface area (Å²) in [5, 5.41) is 4.93. The van der Waals surface area contributed by atoms with Crippen molar-refractivity contribution < 1.29 is 23.5 Å². The molecule has 0 radical (unpaired) electrons. The van der Waals surface area contributed by atoms with E-state index in [1.54, 1.807) is 43.9 Å². The van der Waals surface area contributed by atoms with Crippen LogP contribution in [0.5, 0.6) is 11.5 Å². The first-order chi connectivity index (χ1) is 20.4. The molecule has 0 N–H and O–H groups in total. The summed E-state index contributed by atoms with van der Waals surface area (Å²) in [6, 6.07) is 23.8. The van der Waals surface area contributed by atoms with Crippen molar-refractivity contribution in [3.8, 4) is 33.5 Å². The molecule has 5 aromatic rings. The van der Waals surface area contributed by atoms with E-state index < -0.39 is 6.10 Å². The van der Waals surface area contributed by atoms with Gasteiger partial charge in [0.25, 0.3) is 0 Å². The van der Waals surface area contributed by atoms with Crippen LogP contribution < -0.4 is 9.47 Å². The minimum absolute atomic E-state index is 0.325. The molecular weight excluding hydrogens is 571 g/mol. The number of hydrogen-bond acceptors (Lipinski definition) is 10. The zero-order valence-electron chi connectivity index (χ0n) is 23.8. The summed E-state index contributed by atoms with van der Waals surface area (Å²) >= 11 is 3.40. The molecule has 0 saturated carbocycles. The van der Waals surface area contributed by atoms with Crippen LogP contribution in [-0.2, 0) is 21.9 Å². The zero-order chi connectivity index (χ0) is 29.5. The van der Waals surface area contributed by atoms with Gasteiger partial charge >= 0.3 is 5.97 Å². The summed E-state index contributed by atoms with van der Waals surface area (Å²) in [4.78, 5) is 23.4. The van der Waals surface area contributed by atoms with Crippen LogP contribution in [0.25, 0.3) is 22.0 Å². The molecule has 8 nitrogen and oxygen atoms in total. The van der Waals surface area contributed by atoms with Gasteiger partial charge in [-0.3, -0.25) is 0 Å². The molecule has 216 valence electrons. The Kier molecular flexibility index (Phi) is 9.55. The number of aryl methyl sites for hydroxylation is 2. The number of aromatic nitrogens is 3. The quantitative estimate of drug-likeness (QED) is 0.105. The highest BCUT2D eigenvalue weighted by Crippen LogP contribution is 2.35. The fourth-order valence-corrected chi connectivity index (χ4v) is 6.24. The smallest absolute Gasteiger partial charge is 0.347 e. The van der Waals surface area contributed by atoms with E-state index in [0.717, 1.165) is 48.7 Å². The summed E-state index contributed by atoms with van der Waals surface area (Å²) < 4.78 is 22.1. The monoisotopic (exact) mass is 601 g/mol. The normalized spacial score (nSPS) is 11.7. The van der Waals surface area contributed by atoms with E-state index in [1.807, 2.05) is 61.5 Å². The molecule has 0 aliphatic heterocycles. The molecule has 1 unspecified atom stereocenters. The fraction of sp³-hybridized carbons (Fsp3) is 0.250. The van der Waals surface area contributed by atoms with Gasteiger partial charge < -0.3 is 18.7 Å². The van der Waals surface area contributed by atoms with Crippen molar-refractivity contribution in [1.82, 2.24) is 15.1 Å². The first-order valence-corrected chi connectivity index (χ1v) is 15.3. The van der Waals surface area contributed by atoms with E-state index >= 15 is 0 Å².